The molecule has 234 valence electrons. The lowest BCUT2D eigenvalue weighted by molar-refractivity contribution is -0.151. The van der Waals surface area contributed by atoms with Crippen molar-refractivity contribution in [3.05, 3.63) is 72.8 Å². The van der Waals surface area contributed by atoms with Crippen molar-refractivity contribution >= 4 is 49.6 Å². The molecule has 2 aromatic carbocycles. The maximum atomic E-state index is 7.33. The minimum Gasteiger partial charge on any atom is -0.408 e. The number of hydrogen-bond donors (Lipinski definition) is 0. The SMILES string of the molecule is CC(C/C=C\C(O[Si](C)(C)C(C)(C)C)[C@H]1OC(C)(C)O[C@H]1CCI)O[Si](c1ccccc1)(c1ccccc1)C(C)(C)C. The summed E-state index contributed by atoms with van der Waals surface area (Å²) in [5.41, 5.74) is 0. The zero-order valence-corrected chi connectivity index (χ0v) is 32.0. The van der Waals surface area contributed by atoms with Gasteiger partial charge in [0, 0.05) is 10.5 Å². The number of ether oxygens (including phenoxy) is 2. The normalized spacial score (nSPS) is 21.5. The van der Waals surface area contributed by atoms with Crippen LogP contribution in [0.5, 0.6) is 0 Å². The summed E-state index contributed by atoms with van der Waals surface area (Å²) in [6, 6.07) is 21.7. The molecule has 0 spiro atoms. The third-order valence-corrected chi connectivity index (χ3v) is 19.0. The van der Waals surface area contributed by atoms with Crippen LogP contribution in [0, 0.1) is 0 Å². The van der Waals surface area contributed by atoms with Gasteiger partial charge in [-0.05, 0) is 67.2 Å². The van der Waals surface area contributed by atoms with Gasteiger partial charge in [0.2, 0.25) is 0 Å². The second kappa shape index (κ2) is 14.1. The van der Waals surface area contributed by atoms with Crippen LogP contribution < -0.4 is 10.4 Å². The van der Waals surface area contributed by atoms with Gasteiger partial charge in [-0.25, -0.2) is 0 Å². The van der Waals surface area contributed by atoms with Crippen molar-refractivity contribution in [1.29, 1.82) is 0 Å². The van der Waals surface area contributed by atoms with Gasteiger partial charge >= 0.3 is 0 Å². The molecule has 2 unspecified atom stereocenters. The van der Waals surface area contributed by atoms with Crippen LogP contribution in [0.3, 0.4) is 0 Å². The Hall–Kier alpha value is -0.816. The molecule has 0 bridgehead atoms. The van der Waals surface area contributed by atoms with Gasteiger partial charge in [0.05, 0.1) is 12.2 Å². The first kappa shape index (κ1) is 35.7. The zero-order chi connectivity index (χ0) is 31.4. The third kappa shape index (κ3) is 8.46. The molecule has 0 aromatic heterocycles. The van der Waals surface area contributed by atoms with Crippen LogP contribution in [0.4, 0.5) is 0 Å². The van der Waals surface area contributed by atoms with Gasteiger partial charge in [-0.15, -0.1) is 0 Å². The largest absolute Gasteiger partial charge is 0.408 e. The summed E-state index contributed by atoms with van der Waals surface area (Å²) in [6.45, 7) is 24.7. The lowest BCUT2D eigenvalue weighted by Crippen LogP contribution is -2.67. The maximum Gasteiger partial charge on any atom is 0.261 e. The predicted octanol–water partition coefficient (Wildman–Crippen LogP) is 8.63. The van der Waals surface area contributed by atoms with Crippen molar-refractivity contribution in [3.63, 3.8) is 0 Å². The van der Waals surface area contributed by atoms with Gasteiger partial charge in [0.1, 0.15) is 6.10 Å². The number of rotatable bonds is 12. The topological polar surface area (TPSA) is 36.9 Å². The van der Waals surface area contributed by atoms with Gasteiger partial charge < -0.3 is 18.3 Å². The summed E-state index contributed by atoms with van der Waals surface area (Å²) >= 11 is 2.43. The second-order valence-corrected chi connectivity index (χ2v) is 24.8. The zero-order valence-electron chi connectivity index (χ0n) is 27.9. The molecule has 1 aliphatic rings. The molecule has 4 nitrogen and oxygen atoms in total. The van der Waals surface area contributed by atoms with Crippen molar-refractivity contribution in [2.24, 2.45) is 0 Å². The Labute approximate surface area is 272 Å². The molecule has 1 aliphatic heterocycles. The van der Waals surface area contributed by atoms with Crippen molar-refractivity contribution in [1.82, 2.24) is 0 Å². The Balaban J connectivity index is 1.93. The van der Waals surface area contributed by atoms with Crippen LogP contribution in [0.15, 0.2) is 72.8 Å². The van der Waals surface area contributed by atoms with E-state index in [2.05, 4.69) is 157 Å². The monoisotopic (exact) mass is 722 g/mol. The highest BCUT2D eigenvalue weighted by molar-refractivity contribution is 14.1. The molecule has 1 fully saturated rings. The van der Waals surface area contributed by atoms with Crippen LogP contribution >= 0.6 is 22.6 Å². The summed E-state index contributed by atoms with van der Waals surface area (Å²) in [5, 5.41) is 2.64. The molecule has 1 saturated heterocycles. The van der Waals surface area contributed by atoms with Crippen molar-refractivity contribution in [2.45, 2.75) is 129 Å². The summed E-state index contributed by atoms with van der Waals surface area (Å²) in [4.78, 5) is 0. The maximum absolute atomic E-state index is 7.33. The van der Waals surface area contributed by atoms with E-state index in [1.165, 1.54) is 10.4 Å². The molecule has 0 aliphatic carbocycles. The standard InChI is InChI=1S/C35H55IO4Si2/c1-27(39-42(34(5,6)7,28-20-14-12-15-21-28)29-22-16-13-17-23-29)19-18-24-31(40-41(10,11)33(2,3)4)32-30(25-26-36)37-35(8,9)38-32/h12-18,20-24,27,30-32H,19,25-26H2,1-11H3/b24-18-/t27?,30-,31?,32-/m0/s1. The lowest BCUT2D eigenvalue weighted by Gasteiger charge is -2.44. The molecule has 3 rings (SSSR count). The Bertz CT molecular complexity index is 1100. The van der Waals surface area contributed by atoms with E-state index < -0.39 is 22.4 Å². The summed E-state index contributed by atoms with van der Waals surface area (Å²) < 4.78 is 28.3. The van der Waals surface area contributed by atoms with E-state index in [1.807, 2.05) is 13.8 Å². The highest BCUT2D eigenvalue weighted by Gasteiger charge is 2.51. The number of alkyl halides is 1. The van der Waals surface area contributed by atoms with E-state index in [-0.39, 0.29) is 34.5 Å². The van der Waals surface area contributed by atoms with Crippen LogP contribution in [0.25, 0.3) is 0 Å². The molecule has 1 heterocycles. The summed E-state index contributed by atoms with van der Waals surface area (Å²) in [5.74, 6) is -0.621. The second-order valence-electron chi connectivity index (χ2n) is 14.7. The molecule has 7 heteroatoms. The van der Waals surface area contributed by atoms with Crippen LogP contribution in [0.2, 0.25) is 23.2 Å². The minimum absolute atomic E-state index is 0.00195. The molecular weight excluding hydrogens is 667 g/mol. The van der Waals surface area contributed by atoms with E-state index in [1.54, 1.807) is 0 Å². The van der Waals surface area contributed by atoms with Crippen molar-refractivity contribution in [3.8, 4) is 0 Å². The quantitative estimate of drug-likeness (QED) is 0.0952. The fourth-order valence-electron chi connectivity index (χ4n) is 5.65. The minimum atomic E-state index is -2.62. The van der Waals surface area contributed by atoms with Crippen molar-refractivity contribution in [2.75, 3.05) is 4.43 Å². The summed E-state index contributed by atoms with van der Waals surface area (Å²) in [6.07, 6.45) is 5.92. The molecule has 0 saturated carbocycles. The average molecular weight is 723 g/mol. The highest BCUT2D eigenvalue weighted by Crippen LogP contribution is 2.41. The molecule has 0 N–H and O–H groups in total. The molecule has 42 heavy (non-hydrogen) atoms. The van der Waals surface area contributed by atoms with E-state index in [0.29, 0.717) is 0 Å². The molecular formula is C35H55IO4Si2. The average Bonchev–Trinajstić information content (AvgIpc) is 3.20. The Morgan fingerprint density at radius 2 is 1.38 bits per heavy atom. The van der Waals surface area contributed by atoms with E-state index in [9.17, 15) is 0 Å². The van der Waals surface area contributed by atoms with Crippen LogP contribution in [-0.2, 0) is 18.3 Å². The Kier molecular flexibility index (Phi) is 12.0. The first-order chi connectivity index (χ1) is 19.4. The van der Waals surface area contributed by atoms with Gasteiger partial charge in [-0.1, -0.05) is 137 Å². The molecule has 0 amide bonds. The van der Waals surface area contributed by atoms with Gasteiger partial charge in [0.25, 0.3) is 8.32 Å². The summed E-state index contributed by atoms with van der Waals surface area (Å²) in [7, 11) is -4.70. The Morgan fingerprint density at radius 1 is 0.857 bits per heavy atom. The van der Waals surface area contributed by atoms with Gasteiger partial charge in [-0.3, -0.25) is 0 Å². The van der Waals surface area contributed by atoms with Crippen LogP contribution in [0.1, 0.15) is 75.2 Å². The Morgan fingerprint density at radius 3 is 1.83 bits per heavy atom. The number of halogens is 1. The predicted molar refractivity (Wildman–Crippen MR) is 191 cm³/mol. The third-order valence-electron chi connectivity index (χ3n) is 8.76. The lowest BCUT2D eigenvalue weighted by atomic mass is 10.1. The van der Waals surface area contributed by atoms with E-state index in [4.69, 9.17) is 18.3 Å². The van der Waals surface area contributed by atoms with Gasteiger partial charge in [-0.2, -0.15) is 0 Å². The van der Waals surface area contributed by atoms with E-state index in [0.717, 1.165) is 17.3 Å². The van der Waals surface area contributed by atoms with Gasteiger partial charge in [0.15, 0.2) is 14.1 Å². The molecule has 2 aromatic rings. The fourth-order valence-corrected chi connectivity index (χ4v) is 12.2. The first-order valence-electron chi connectivity index (χ1n) is 15.5. The smallest absolute Gasteiger partial charge is 0.261 e. The highest BCUT2D eigenvalue weighted by atomic mass is 127. The van der Waals surface area contributed by atoms with Crippen molar-refractivity contribution < 1.29 is 18.3 Å². The fraction of sp³-hybridized carbons (Fsp3) is 0.600. The first-order valence-corrected chi connectivity index (χ1v) is 21.8. The van der Waals surface area contributed by atoms with E-state index >= 15 is 0 Å². The number of benzene rings is 2. The molecule has 4 atom stereocenters. The van der Waals surface area contributed by atoms with Crippen LogP contribution in [-0.4, -0.2) is 51.3 Å². The molecule has 0 radical (unpaired) electrons. The number of hydrogen-bond acceptors (Lipinski definition) is 4.